The molecule has 0 aliphatic carbocycles. The predicted octanol–water partition coefficient (Wildman–Crippen LogP) is 4.00. The van der Waals surface area contributed by atoms with Gasteiger partial charge in [-0.1, -0.05) is 18.2 Å². The maximum Gasteiger partial charge on any atom is 0.238 e. The highest BCUT2D eigenvalue weighted by molar-refractivity contribution is 8.01. The average molecular weight is 399 g/mol. The monoisotopic (exact) mass is 398 g/mol. The van der Waals surface area contributed by atoms with E-state index in [9.17, 15) is 9.59 Å². The molecule has 2 aromatic carbocycles. The van der Waals surface area contributed by atoms with Crippen molar-refractivity contribution in [2.75, 3.05) is 18.5 Å². The first kappa shape index (κ1) is 20.3. The summed E-state index contributed by atoms with van der Waals surface area (Å²) < 4.78 is 5.87. The standard InChI is InChI=1S/C22H26N2O3S/c1-14-11-15(2)16(3)18(12-14)27-10-6-9-23-21(25)13-20-22(26)24-17-7-4-5-8-19(17)28-20/h4-5,7-8,11-12,20H,6,9-10,13H2,1-3H3,(H,23,25)(H,24,26)/t20-/m0/s1. The van der Waals surface area contributed by atoms with Crippen molar-refractivity contribution in [2.45, 2.75) is 43.8 Å². The van der Waals surface area contributed by atoms with Crippen LogP contribution in [0.1, 0.15) is 29.5 Å². The molecule has 0 aromatic heterocycles. The zero-order valence-corrected chi connectivity index (χ0v) is 17.3. The van der Waals surface area contributed by atoms with E-state index >= 15 is 0 Å². The summed E-state index contributed by atoms with van der Waals surface area (Å²) in [5.74, 6) is 0.667. The molecule has 0 bridgehead atoms. The molecule has 5 nitrogen and oxygen atoms in total. The fourth-order valence-electron chi connectivity index (χ4n) is 3.10. The van der Waals surface area contributed by atoms with Gasteiger partial charge in [-0.25, -0.2) is 0 Å². The molecule has 2 aromatic rings. The van der Waals surface area contributed by atoms with Crippen molar-refractivity contribution in [3.63, 3.8) is 0 Å². The van der Waals surface area contributed by atoms with Crippen molar-refractivity contribution in [3.05, 3.63) is 53.1 Å². The van der Waals surface area contributed by atoms with Crippen LogP contribution < -0.4 is 15.4 Å². The molecule has 0 radical (unpaired) electrons. The van der Waals surface area contributed by atoms with Gasteiger partial charge < -0.3 is 15.4 Å². The van der Waals surface area contributed by atoms with Crippen LogP contribution in [0.2, 0.25) is 0 Å². The highest BCUT2D eigenvalue weighted by atomic mass is 32.2. The number of rotatable bonds is 7. The van der Waals surface area contributed by atoms with Gasteiger partial charge in [-0.3, -0.25) is 9.59 Å². The molecular weight excluding hydrogens is 372 g/mol. The van der Waals surface area contributed by atoms with E-state index in [0.717, 1.165) is 21.9 Å². The quantitative estimate of drug-likeness (QED) is 0.692. The Morgan fingerprint density at radius 3 is 2.82 bits per heavy atom. The maximum atomic E-state index is 12.2. The average Bonchev–Trinajstić information content (AvgIpc) is 2.65. The summed E-state index contributed by atoms with van der Waals surface area (Å²) in [6, 6.07) is 11.8. The van der Waals surface area contributed by atoms with E-state index in [1.54, 1.807) is 0 Å². The minimum atomic E-state index is -0.399. The second-order valence-electron chi connectivity index (χ2n) is 7.05. The number of benzene rings is 2. The van der Waals surface area contributed by atoms with Gasteiger partial charge in [-0.05, 0) is 62.1 Å². The topological polar surface area (TPSA) is 67.4 Å². The fraction of sp³-hybridized carbons (Fsp3) is 0.364. The Morgan fingerprint density at radius 2 is 2.00 bits per heavy atom. The van der Waals surface area contributed by atoms with E-state index in [-0.39, 0.29) is 18.2 Å². The van der Waals surface area contributed by atoms with Crippen molar-refractivity contribution in [1.29, 1.82) is 0 Å². The molecule has 148 valence electrons. The van der Waals surface area contributed by atoms with Crippen LogP contribution in [0.3, 0.4) is 0 Å². The van der Waals surface area contributed by atoms with E-state index in [4.69, 9.17) is 4.74 Å². The normalized spacial score (nSPS) is 15.5. The minimum Gasteiger partial charge on any atom is -0.493 e. The zero-order chi connectivity index (χ0) is 20.1. The molecule has 6 heteroatoms. The number of hydrogen-bond donors (Lipinski definition) is 2. The van der Waals surface area contributed by atoms with Crippen LogP contribution in [0.4, 0.5) is 5.69 Å². The zero-order valence-electron chi connectivity index (χ0n) is 16.5. The highest BCUT2D eigenvalue weighted by Gasteiger charge is 2.28. The molecule has 2 N–H and O–H groups in total. The highest BCUT2D eigenvalue weighted by Crippen LogP contribution is 2.36. The van der Waals surface area contributed by atoms with Crippen LogP contribution in [-0.2, 0) is 9.59 Å². The van der Waals surface area contributed by atoms with E-state index in [1.165, 1.54) is 22.9 Å². The Bertz CT molecular complexity index is 882. The number of ether oxygens (including phenoxy) is 1. The molecule has 28 heavy (non-hydrogen) atoms. The predicted molar refractivity (Wildman–Crippen MR) is 113 cm³/mol. The van der Waals surface area contributed by atoms with Crippen LogP contribution in [-0.4, -0.2) is 30.2 Å². The molecule has 0 saturated heterocycles. The summed E-state index contributed by atoms with van der Waals surface area (Å²) in [6.45, 7) is 7.25. The van der Waals surface area contributed by atoms with Crippen LogP contribution in [0.25, 0.3) is 0 Å². The first-order chi connectivity index (χ1) is 13.4. The van der Waals surface area contributed by atoms with Crippen LogP contribution in [0.15, 0.2) is 41.3 Å². The summed E-state index contributed by atoms with van der Waals surface area (Å²) >= 11 is 1.44. The molecule has 1 aliphatic heterocycles. The molecule has 2 amide bonds. The molecule has 0 saturated carbocycles. The third-order valence-electron chi connectivity index (χ3n) is 4.74. The molecule has 0 fully saturated rings. The molecule has 0 spiro atoms. The number of carbonyl (C=O) groups is 2. The smallest absolute Gasteiger partial charge is 0.238 e. The van der Waals surface area contributed by atoms with Gasteiger partial charge in [-0.15, -0.1) is 11.8 Å². The van der Waals surface area contributed by atoms with Gasteiger partial charge in [0.05, 0.1) is 17.5 Å². The lowest BCUT2D eigenvalue weighted by Gasteiger charge is -2.23. The molecule has 1 heterocycles. The van der Waals surface area contributed by atoms with E-state index in [2.05, 4.69) is 37.5 Å². The second-order valence-corrected chi connectivity index (χ2v) is 8.30. The Kier molecular flexibility index (Phi) is 6.62. The van der Waals surface area contributed by atoms with Gasteiger partial charge in [0.1, 0.15) is 5.75 Å². The fourth-order valence-corrected chi connectivity index (χ4v) is 4.21. The van der Waals surface area contributed by atoms with Gasteiger partial charge >= 0.3 is 0 Å². The maximum absolute atomic E-state index is 12.2. The van der Waals surface area contributed by atoms with E-state index < -0.39 is 5.25 Å². The number of amides is 2. The summed E-state index contributed by atoms with van der Waals surface area (Å²) in [6.07, 6.45) is 0.882. The lowest BCUT2D eigenvalue weighted by atomic mass is 10.1. The van der Waals surface area contributed by atoms with Gasteiger partial charge in [0, 0.05) is 17.9 Å². The van der Waals surface area contributed by atoms with Gasteiger partial charge in [-0.2, -0.15) is 0 Å². The summed E-state index contributed by atoms with van der Waals surface area (Å²) in [7, 11) is 0. The number of hydrogen-bond acceptors (Lipinski definition) is 4. The number of thioether (sulfide) groups is 1. The second kappa shape index (κ2) is 9.15. The first-order valence-electron chi connectivity index (χ1n) is 9.48. The minimum absolute atomic E-state index is 0.116. The number of aryl methyl sites for hydroxylation is 2. The van der Waals surface area contributed by atoms with Crippen LogP contribution >= 0.6 is 11.8 Å². The Morgan fingerprint density at radius 1 is 1.21 bits per heavy atom. The molecule has 1 atom stereocenters. The van der Waals surface area contributed by atoms with Crippen molar-refractivity contribution < 1.29 is 14.3 Å². The van der Waals surface area contributed by atoms with E-state index in [1.807, 2.05) is 30.3 Å². The van der Waals surface area contributed by atoms with Gasteiger partial charge in [0.15, 0.2) is 0 Å². The van der Waals surface area contributed by atoms with Crippen molar-refractivity contribution in [1.82, 2.24) is 5.32 Å². The van der Waals surface area contributed by atoms with Crippen molar-refractivity contribution >= 4 is 29.3 Å². The molecule has 1 aliphatic rings. The van der Waals surface area contributed by atoms with Crippen molar-refractivity contribution in [2.24, 2.45) is 0 Å². The number of para-hydroxylation sites is 1. The summed E-state index contributed by atoms with van der Waals surface area (Å²) in [5.41, 5.74) is 4.35. The lowest BCUT2D eigenvalue weighted by molar-refractivity contribution is -0.124. The third kappa shape index (κ3) is 5.07. The number of fused-ring (bicyclic) bond motifs is 1. The Labute approximate surface area is 170 Å². The van der Waals surface area contributed by atoms with E-state index in [0.29, 0.717) is 19.6 Å². The Balaban J connectivity index is 1.40. The molecular formula is C22H26N2O3S. The summed E-state index contributed by atoms with van der Waals surface area (Å²) in [5, 5.41) is 5.35. The SMILES string of the molecule is Cc1cc(C)c(C)c(OCCCNC(=O)C[C@@H]2Sc3ccccc3NC2=O)c1. The van der Waals surface area contributed by atoms with Crippen LogP contribution in [0.5, 0.6) is 5.75 Å². The number of carbonyl (C=O) groups excluding carboxylic acids is 2. The van der Waals surface area contributed by atoms with Crippen molar-refractivity contribution in [3.8, 4) is 5.75 Å². The first-order valence-corrected chi connectivity index (χ1v) is 10.4. The summed E-state index contributed by atoms with van der Waals surface area (Å²) in [4.78, 5) is 25.4. The number of anilines is 1. The van der Waals surface area contributed by atoms with Gasteiger partial charge in [0.2, 0.25) is 11.8 Å². The van der Waals surface area contributed by atoms with Gasteiger partial charge in [0.25, 0.3) is 0 Å². The van der Waals surface area contributed by atoms with Crippen LogP contribution in [0, 0.1) is 20.8 Å². The lowest BCUT2D eigenvalue weighted by Crippen LogP contribution is -2.35. The molecule has 0 unspecified atom stereocenters. The largest absolute Gasteiger partial charge is 0.493 e. The molecule has 3 rings (SSSR count). The Hall–Kier alpha value is -2.47. The third-order valence-corrected chi connectivity index (χ3v) is 6.02. The number of nitrogens with one attached hydrogen (secondary N) is 2.